The molecule has 1 heterocycles. The molecule has 1 aliphatic rings. The highest BCUT2D eigenvalue weighted by atomic mass is 16.6. The topological polar surface area (TPSA) is 113 Å². The van der Waals surface area contributed by atoms with Gasteiger partial charge in [-0.05, 0) is 18.5 Å². The van der Waals surface area contributed by atoms with Crippen molar-refractivity contribution in [2.24, 2.45) is 11.0 Å². The van der Waals surface area contributed by atoms with Gasteiger partial charge >= 0.3 is 11.9 Å². The fourth-order valence-electron chi connectivity index (χ4n) is 2.63. The van der Waals surface area contributed by atoms with Crippen LogP contribution in [-0.2, 0) is 19.1 Å². The molecule has 2 rings (SSSR count). The monoisotopic (exact) mass is 332 g/mol. The van der Waals surface area contributed by atoms with Gasteiger partial charge in [-0.15, -0.1) is 0 Å². The molecule has 1 aromatic carbocycles. The molecule has 1 aliphatic heterocycles. The highest BCUT2D eigenvalue weighted by molar-refractivity contribution is 5.80. The van der Waals surface area contributed by atoms with Crippen LogP contribution in [0.4, 0.5) is 0 Å². The molecule has 1 N–H and O–H groups in total. The maximum absolute atomic E-state index is 12.5. The van der Waals surface area contributed by atoms with Crippen molar-refractivity contribution in [3.63, 3.8) is 0 Å². The van der Waals surface area contributed by atoms with E-state index in [1.165, 1.54) is 6.92 Å². The summed E-state index contributed by atoms with van der Waals surface area (Å²) in [6.07, 6.45) is -0.801. The minimum absolute atomic E-state index is 0.0557. The van der Waals surface area contributed by atoms with Gasteiger partial charge in [0.1, 0.15) is 6.10 Å². The first-order valence-corrected chi connectivity index (χ1v) is 7.76. The first-order chi connectivity index (χ1) is 11.6. The number of nitrogens with zero attached hydrogens (tertiary/aromatic N) is 3. The van der Waals surface area contributed by atoms with Crippen molar-refractivity contribution in [1.29, 1.82) is 0 Å². The standard InChI is InChI=1S/C16H20N4O4/c1-11(21)23-15(12-5-3-2-4-6-12)16(22)24-14-10-18-8-7-13(14)9-19-20-17/h2-6,13-15,18H,7-10H2,1H3/t13-,14+,15+/m0/s1. The Morgan fingerprint density at radius 2 is 2.17 bits per heavy atom. The Hall–Kier alpha value is -2.57. The molecule has 0 bridgehead atoms. The van der Waals surface area contributed by atoms with Crippen LogP contribution < -0.4 is 5.32 Å². The number of carbonyl (C=O) groups excluding carboxylic acids is 2. The van der Waals surface area contributed by atoms with Crippen LogP contribution in [0, 0.1) is 5.92 Å². The average Bonchev–Trinajstić information content (AvgIpc) is 2.59. The largest absolute Gasteiger partial charge is 0.458 e. The lowest BCUT2D eigenvalue weighted by atomic mass is 9.95. The summed E-state index contributed by atoms with van der Waals surface area (Å²) in [6, 6.07) is 8.72. The van der Waals surface area contributed by atoms with Gasteiger partial charge in [0.25, 0.3) is 0 Å². The van der Waals surface area contributed by atoms with Crippen LogP contribution in [0.25, 0.3) is 10.4 Å². The van der Waals surface area contributed by atoms with Crippen LogP contribution in [0.5, 0.6) is 0 Å². The van der Waals surface area contributed by atoms with Crippen molar-refractivity contribution in [2.45, 2.75) is 25.6 Å². The summed E-state index contributed by atoms with van der Waals surface area (Å²) in [4.78, 5) is 26.6. The number of hydrogen-bond acceptors (Lipinski definition) is 6. The summed E-state index contributed by atoms with van der Waals surface area (Å²) < 4.78 is 10.7. The number of azide groups is 1. The van der Waals surface area contributed by atoms with E-state index < -0.39 is 24.1 Å². The molecule has 1 saturated heterocycles. The predicted molar refractivity (Wildman–Crippen MR) is 85.8 cm³/mol. The smallest absolute Gasteiger partial charge is 0.352 e. The zero-order chi connectivity index (χ0) is 17.4. The molecule has 24 heavy (non-hydrogen) atoms. The second kappa shape index (κ2) is 8.90. The number of hydrogen-bond donors (Lipinski definition) is 1. The SMILES string of the molecule is CC(=O)O[C@@H](C(=O)O[C@@H]1CNCC[C@H]1CN=[N+]=[N-])c1ccccc1. The predicted octanol–water partition coefficient (Wildman–Crippen LogP) is 2.12. The molecule has 0 radical (unpaired) electrons. The lowest BCUT2D eigenvalue weighted by Gasteiger charge is -2.31. The van der Waals surface area contributed by atoms with E-state index in [1.807, 2.05) is 0 Å². The van der Waals surface area contributed by atoms with Crippen LogP contribution >= 0.6 is 0 Å². The third-order valence-electron chi connectivity index (χ3n) is 3.81. The van der Waals surface area contributed by atoms with Crippen molar-refractivity contribution in [3.05, 3.63) is 46.3 Å². The Kier molecular flexibility index (Phi) is 6.60. The average molecular weight is 332 g/mol. The fourth-order valence-corrected chi connectivity index (χ4v) is 2.63. The number of rotatable bonds is 6. The van der Waals surface area contributed by atoms with Gasteiger partial charge in [0.15, 0.2) is 0 Å². The van der Waals surface area contributed by atoms with E-state index >= 15 is 0 Å². The maximum atomic E-state index is 12.5. The van der Waals surface area contributed by atoms with E-state index in [-0.39, 0.29) is 12.5 Å². The summed E-state index contributed by atoms with van der Waals surface area (Å²) in [5, 5.41) is 6.73. The number of carbonyl (C=O) groups is 2. The van der Waals surface area contributed by atoms with Crippen molar-refractivity contribution < 1.29 is 19.1 Å². The molecule has 1 aromatic rings. The first-order valence-electron chi connectivity index (χ1n) is 7.76. The molecule has 8 nitrogen and oxygen atoms in total. The molecular formula is C16H20N4O4. The molecule has 0 aliphatic carbocycles. The number of benzene rings is 1. The van der Waals surface area contributed by atoms with Gasteiger partial charge in [0.05, 0.1) is 0 Å². The third-order valence-corrected chi connectivity index (χ3v) is 3.81. The maximum Gasteiger partial charge on any atom is 0.352 e. The Morgan fingerprint density at radius 3 is 2.83 bits per heavy atom. The van der Waals surface area contributed by atoms with Gasteiger partial charge in [-0.2, -0.15) is 0 Å². The molecule has 0 spiro atoms. The lowest BCUT2D eigenvalue weighted by molar-refractivity contribution is -0.173. The summed E-state index contributed by atoms with van der Waals surface area (Å²) in [6.45, 7) is 2.75. The molecule has 0 unspecified atom stereocenters. The summed E-state index contributed by atoms with van der Waals surface area (Å²) >= 11 is 0. The normalized spacial score (nSPS) is 21.2. The summed E-state index contributed by atoms with van der Waals surface area (Å²) in [7, 11) is 0. The molecular weight excluding hydrogens is 312 g/mol. The second-order valence-corrected chi connectivity index (χ2v) is 5.54. The van der Waals surface area contributed by atoms with Crippen LogP contribution in [0.3, 0.4) is 0 Å². The zero-order valence-electron chi connectivity index (χ0n) is 13.4. The van der Waals surface area contributed by atoms with Crippen molar-refractivity contribution in [1.82, 2.24) is 5.32 Å². The van der Waals surface area contributed by atoms with E-state index in [0.717, 1.165) is 13.0 Å². The van der Waals surface area contributed by atoms with Gasteiger partial charge in [-0.25, -0.2) is 4.79 Å². The van der Waals surface area contributed by atoms with Gasteiger partial charge in [-0.1, -0.05) is 35.4 Å². The van der Waals surface area contributed by atoms with Gasteiger partial charge < -0.3 is 14.8 Å². The molecule has 0 amide bonds. The first kappa shape index (κ1) is 17.8. The molecule has 0 saturated carbocycles. The number of ether oxygens (including phenoxy) is 2. The minimum Gasteiger partial charge on any atom is -0.458 e. The minimum atomic E-state index is -1.11. The Labute approximate surface area is 139 Å². The fraction of sp³-hybridized carbons (Fsp3) is 0.500. The van der Waals surface area contributed by atoms with Crippen molar-refractivity contribution in [2.75, 3.05) is 19.6 Å². The van der Waals surface area contributed by atoms with Crippen molar-refractivity contribution >= 4 is 11.9 Å². The van der Waals surface area contributed by atoms with E-state index in [0.29, 0.717) is 12.1 Å². The van der Waals surface area contributed by atoms with Crippen LogP contribution in [-0.4, -0.2) is 37.7 Å². The summed E-state index contributed by atoms with van der Waals surface area (Å²) in [5.74, 6) is -1.25. The van der Waals surface area contributed by atoms with Crippen LogP contribution in [0.1, 0.15) is 25.0 Å². The highest BCUT2D eigenvalue weighted by Crippen LogP contribution is 2.23. The number of piperidine rings is 1. The van der Waals surface area contributed by atoms with E-state index in [2.05, 4.69) is 15.3 Å². The number of esters is 2. The van der Waals surface area contributed by atoms with Crippen LogP contribution in [0.2, 0.25) is 0 Å². The van der Waals surface area contributed by atoms with E-state index in [4.69, 9.17) is 15.0 Å². The molecule has 8 heteroatoms. The van der Waals surface area contributed by atoms with E-state index in [1.54, 1.807) is 30.3 Å². The quantitative estimate of drug-likeness (QED) is 0.371. The molecule has 0 aromatic heterocycles. The van der Waals surface area contributed by atoms with Gasteiger partial charge in [-0.3, -0.25) is 4.79 Å². The van der Waals surface area contributed by atoms with Gasteiger partial charge in [0, 0.05) is 36.4 Å². The van der Waals surface area contributed by atoms with Crippen molar-refractivity contribution in [3.8, 4) is 0 Å². The third kappa shape index (κ3) is 4.97. The molecule has 1 fully saturated rings. The number of nitrogens with one attached hydrogen (secondary N) is 1. The Balaban J connectivity index is 2.10. The van der Waals surface area contributed by atoms with Gasteiger partial charge in [0.2, 0.25) is 6.10 Å². The lowest BCUT2D eigenvalue weighted by Crippen LogP contribution is -2.45. The molecule has 128 valence electrons. The molecule has 3 atom stereocenters. The zero-order valence-corrected chi connectivity index (χ0v) is 13.4. The van der Waals surface area contributed by atoms with Crippen LogP contribution in [0.15, 0.2) is 35.4 Å². The Bertz CT molecular complexity index is 616. The highest BCUT2D eigenvalue weighted by Gasteiger charge is 2.32. The second-order valence-electron chi connectivity index (χ2n) is 5.54. The van der Waals surface area contributed by atoms with E-state index in [9.17, 15) is 9.59 Å². The Morgan fingerprint density at radius 1 is 1.42 bits per heavy atom. The summed E-state index contributed by atoms with van der Waals surface area (Å²) in [5.41, 5.74) is 9.03.